The molecule has 96 valence electrons. The number of rotatable bonds is 6. The number of hydrogen-bond acceptors (Lipinski definition) is 10. The molecule has 1 saturated heterocycles. The normalized spacial score (nSPS) is 24.4. The zero-order chi connectivity index (χ0) is 12.2. The molecule has 0 saturated carbocycles. The van der Waals surface area contributed by atoms with E-state index in [2.05, 4.69) is 14.8 Å². The largest absolute Gasteiger partial charge is 1.00 e. The van der Waals surface area contributed by atoms with Crippen LogP contribution in [0.1, 0.15) is 0 Å². The summed E-state index contributed by atoms with van der Waals surface area (Å²) in [4.78, 5) is 0.397. The Balaban J connectivity index is 0. The van der Waals surface area contributed by atoms with E-state index < -0.39 is 21.5 Å². The quantitative estimate of drug-likeness (QED) is 0.0920. The van der Waals surface area contributed by atoms with Crippen molar-refractivity contribution in [1.29, 1.82) is 0 Å². The van der Waals surface area contributed by atoms with E-state index in [1.807, 2.05) is 0 Å². The maximum Gasteiger partial charge on any atom is 1.00 e. The van der Waals surface area contributed by atoms with Crippen molar-refractivity contribution in [3.63, 3.8) is 0 Å². The first-order valence-corrected chi connectivity index (χ1v) is 6.91. The first-order chi connectivity index (χ1) is 7.42. The molecule has 1 fully saturated rings. The van der Waals surface area contributed by atoms with Gasteiger partial charge in [-0.2, -0.15) is 9.34 Å². The van der Waals surface area contributed by atoms with Crippen LogP contribution in [0.5, 0.6) is 0 Å². The van der Waals surface area contributed by atoms with Crippen LogP contribution in [0, 0.1) is 0 Å². The van der Waals surface area contributed by atoms with Crippen LogP contribution in [0.3, 0.4) is 0 Å². The van der Waals surface area contributed by atoms with Crippen LogP contribution >= 0.6 is 12.0 Å². The summed E-state index contributed by atoms with van der Waals surface area (Å²) in [5.74, 6) is -0.383. The Morgan fingerprint density at radius 1 is 1.56 bits per heavy atom. The third kappa shape index (κ3) is 9.33. The Morgan fingerprint density at radius 3 is 2.67 bits per heavy atom. The predicted octanol–water partition coefficient (Wildman–Crippen LogP) is -10.2. The number of hydrogen-bond donors (Lipinski definition) is 2. The van der Waals surface area contributed by atoms with E-state index >= 15 is 0 Å². The van der Waals surface area contributed by atoms with Crippen molar-refractivity contribution in [1.82, 2.24) is 10.4 Å². The van der Waals surface area contributed by atoms with Gasteiger partial charge in [-0.1, -0.05) is 0 Å². The molecule has 2 N–H and O–H groups in total. The number of nitrogens with one attached hydrogen (secondary N) is 2. The summed E-state index contributed by atoms with van der Waals surface area (Å²) in [5, 5.41) is 14.1. The zero-order valence-electron chi connectivity index (χ0n) is 9.82. The topological polar surface area (TPSA) is 118 Å². The van der Waals surface area contributed by atoms with Gasteiger partial charge in [0.1, 0.15) is 16.8 Å². The zero-order valence-corrected chi connectivity index (χ0v) is 16.3. The summed E-state index contributed by atoms with van der Waals surface area (Å²) < 4.78 is 35.6. The van der Waals surface area contributed by atoms with Gasteiger partial charge in [-0.05, 0) is 0 Å². The molecule has 1 rings (SSSR count). The summed E-state index contributed by atoms with van der Waals surface area (Å²) in [6.07, 6.45) is 0. The van der Waals surface area contributed by atoms with Crippen molar-refractivity contribution in [2.24, 2.45) is 0 Å². The fourth-order valence-corrected chi connectivity index (χ4v) is 2.67. The first-order valence-electron chi connectivity index (χ1n) is 3.95. The summed E-state index contributed by atoms with van der Waals surface area (Å²) in [5.41, 5.74) is 2.12. The van der Waals surface area contributed by atoms with Crippen LogP contribution < -0.4 is 74.7 Å². The maximum absolute atomic E-state index is 10.5. The standard InChI is InChI=1S/C4H11N3O6S3.2Na/c8-12-13-15-2-7-1-6(4(14)5-7)3-16(9,10)11;;/h4-5,8,14H,1-3H2,(H,9,10,11);;/q;2*+1/p-2. The molecule has 0 aromatic carbocycles. The molecule has 0 bridgehead atoms. The van der Waals surface area contributed by atoms with Crippen molar-refractivity contribution in [3.8, 4) is 0 Å². The Hall–Kier alpha value is 2.37. The van der Waals surface area contributed by atoms with E-state index in [1.54, 1.807) is 0 Å². The summed E-state index contributed by atoms with van der Waals surface area (Å²) >= 11 is 5.63. The third-order valence-electron chi connectivity index (χ3n) is 1.71. The molecule has 0 aromatic heterocycles. The van der Waals surface area contributed by atoms with Gasteiger partial charge in [0.2, 0.25) is 0 Å². The fraction of sp³-hybridized carbons (Fsp3) is 1.00. The Kier molecular flexibility index (Phi) is 13.8. The molecule has 0 aliphatic carbocycles. The smallest absolute Gasteiger partial charge is 0.744 e. The molecular weight excluding hydrogens is 328 g/mol. The first kappa shape index (κ1) is 22.6. The second-order valence-electron chi connectivity index (χ2n) is 2.95. The van der Waals surface area contributed by atoms with Gasteiger partial charge in [-0.25, -0.2) is 13.8 Å². The molecule has 9 nitrogen and oxygen atoms in total. The van der Waals surface area contributed by atoms with Crippen LogP contribution in [0.15, 0.2) is 0 Å². The van der Waals surface area contributed by atoms with Crippen LogP contribution in [0.2, 0.25) is 0 Å². The van der Waals surface area contributed by atoms with Gasteiger partial charge >= 0.3 is 59.1 Å². The molecule has 2 atom stereocenters. The second kappa shape index (κ2) is 11.0. The minimum absolute atomic E-state index is 0. The van der Waals surface area contributed by atoms with Gasteiger partial charge in [-0.15, -0.1) is 0 Å². The van der Waals surface area contributed by atoms with E-state index in [4.69, 9.17) is 12.6 Å². The predicted molar refractivity (Wildman–Crippen MR) is 51.1 cm³/mol. The fourth-order valence-electron chi connectivity index (χ4n) is 1.17. The Morgan fingerprint density at radius 2 is 2.17 bits per heavy atom. The average molecular weight is 337 g/mol. The van der Waals surface area contributed by atoms with Gasteiger partial charge in [-0.3, -0.25) is 5.04 Å². The van der Waals surface area contributed by atoms with E-state index in [1.165, 1.54) is 5.01 Å². The van der Waals surface area contributed by atoms with Crippen LogP contribution in [-0.4, -0.2) is 41.9 Å². The summed E-state index contributed by atoms with van der Waals surface area (Å²) in [7, 11) is -4.32. The van der Waals surface area contributed by atoms with E-state index in [0.29, 0.717) is 16.9 Å². The van der Waals surface area contributed by atoms with Gasteiger partial charge < -0.3 is 27.3 Å². The Labute approximate surface area is 159 Å². The molecule has 0 spiro atoms. The number of nitrogens with zero attached hydrogens (tertiary/aromatic N) is 1. The second-order valence-corrected chi connectivity index (χ2v) is 5.46. The molecule has 0 amide bonds. The molecule has 14 heteroatoms. The van der Waals surface area contributed by atoms with Crippen molar-refractivity contribution < 1.29 is 91.6 Å². The molecule has 2 unspecified atom stereocenters. The Bertz CT molecular complexity index is 321. The van der Waals surface area contributed by atoms with Crippen molar-refractivity contribution in [3.05, 3.63) is 0 Å². The van der Waals surface area contributed by atoms with Crippen molar-refractivity contribution >= 4 is 34.8 Å². The van der Waals surface area contributed by atoms with E-state index in [-0.39, 0.29) is 71.7 Å². The van der Waals surface area contributed by atoms with E-state index in [0.717, 1.165) is 0 Å². The molecule has 1 aliphatic rings. The molecule has 0 radical (unpaired) electrons. The number of quaternary nitrogens is 1. The molecule has 1 aliphatic heterocycles. The van der Waals surface area contributed by atoms with Crippen LogP contribution in [0.4, 0.5) is 0 Å². The van der Waals surface area contributed by atoms with Crippen LogP contribution in [-0.2, 0) is 32.1 Å². The average Bonchev–Trinajstić information content (AvgIpc) is 2.45. The number of hydrazine groups is 1. The summed E-state index contributed by atoms with van der Waals surface area (Å²) in [6, 6.07) is 0. The summed E-state index contributed by atoms with van der Waals surface area (Å²) in [6.45, 7) is 0.213. The maximum atomic E-state index is 10.5. The third-order valence-corrected chi connectivity index (χ3v) is 3.44. The molecule has 1 heterocycles. The molecular formula is C4H9N3Na2O6S3. The van der Waals surface area contributed by atoms with Gasteiger partial charge in [0.25, 0.3) is 0 Å². The van der Waals surface area contributed by atoms with Crippen LogP contribution in [0.25, 0.3) is 0 Å². The van der Waals surface area contributed by atoms with Gasteiger partial charge in [0.15, 0.2) is 5.88 Å². The SMILES string of the molecule is O=S(=O)([O-])C[NH+]1CN(CSOO[O-])NC1[S-].[Na+].[Na+]. The molecule has 18 heavy (non-hydrogen) atoms. The molecule has 0 aromatic rings. The van der Waals surface area contributed by atoms with Gasteiger partial charge in [0, 0.05) is 17.5 Å². The minimum atomic E-state index is -4.32. The monoisotopic (exact) mass is 337 g/mol. The van der Waals surface area contributed by atoms with E-state index in [9.17, 15) is 18.2 Å². The van der Waals surface area contributed by atoms with Gasteiger partial charge in [0.05, 0.1) is 5.88 Å². The van der Waals surface area contributed by atoms with Crippen molar-refractivity contribution in [2.75, 3.05) is 18.4 Å². The van der Waals surface area contributed by atoms with Crippen molar-refractivity contribution in [2.45, 2.75) is 5.50 Å². The minimum Gasteiger partial charge on any atom is -0.744 e.